The summed E-state index contributed by atoms with van der Waals surface area (Å²) in [5.41, 5.74) is -0.183. The van der Waals surface area contributed by atoms with Gasteiger partial charge >= 0.3 is 0 Å². The van der Waals surface area contributed by atoms with E-state index in [2.05, 4.69) is 0 Å². The minimum atomic E-state index is -0.653. The van der Waals surface area contributed by atoms with Crippen LogP contribution in [0.3, 0.4) is 0 Å². The Morgan fingerprint density at radius 2 is 2.21 bits per heavy atom. The lowest BCUT2D eigenvalue weighted by molar-refractivity contribution is 0.0925. The molecule has 2 aromatic rings. The lowest BCUT2D eigenvalue weighted by atomic mass is 10.2. The molecule has 0 aliphatic carbocycles. The van der Waals surface area contributed by atoms with Gasteiger partial charge in [0.15, 0.2) is 6.61 Å². The Labute approximate surface area is 113 Å². The van der Waals surface area contributed by atoms with Crippen LogP contribution in [0.2, 0.25) is 0 Å². The molecule has 0 unspecified atom stereocenters. The van der Waals surface area contributed by atoms with Gasteiger partial charge in [0, 0.05) is 4.88 Å². The van der Waals surface area contributed by atoms with Crippen molar-refractivity contribution < 1.29 is 13.9 Å². The second kappa shape index (κ2) is 5.63. The maximum Gasteiger partial charge on any atom is 0.210 e. The van der Waals surface area contributed by atoms with Crippen LogP contribution in [0.5, 0.6) is 5.75 Å². The number of nitrogens with zero attached hydrogens (tertiary/aromatic N) is 1. The largest absolute Gasteiger partial charge is 0.484 e. The Morgan fingerprint density at radius 1 is 1.42 bits per heavy atom. The van der Waals surface area contributed by atoms with Gasteiger partial charge in [-0.3, -0.25) is 4.79 Å². The normalized spacial score (nSPS) is 9.95. The highest BCUT2D eigenvalue weighted by Gasteiger charge is 2.13. The molecule has 5 heteroatoms. The first-order valence-electron chi connectivity index (χ1n) is 5.53. The molecule has 0 spiro atoms. The number of benzene rings is 1. The average Bonchev–Trinajstić information content (AvgIpc) is 2.83. The zero-order chi connectivity index (χ0) is 13.8. The number of carbonyl (C=O) groups excluding carboxylic acids is 1. The quantitative estimate of drug-likeness (QED) is 0.804. The zero-order valence-corrected chi connectivity index (χ0v) is 11.0. The third-order valence-corrected chi connectivity index (χ3v) is 3.50. The van der Waals surface area contributed by atoms with E-state index < -0.39 is 5.82 Å². The number of hydrogen-bond acceptors (Lipinski definition) is 4. The predicted molar refractivity (Wildman–Crippen MR) is 70.0 cm³/mol. The summed E-state index contributed by atoms with van der Waals surface area (Å²) in [6.07, 6.45) is 0. The highest BCUT2D eigenvalue weighted by molar-refractivity contribution is 7.14. The molecule has 0 saturated carbocycles. The Balaban J connectivity index is 2.10. The van der Waals surface area contributed by atoms with Crippen molar-refractivity contribution in [2.45, 2.75) is 6.92 Å². The first-order chi connectivity index (χ1) is 9.11. The SMILES string of the molecule is Cc1ccc(C(=O)COc2cccc(F)c2C#N)s1. The van der Waals surface area contributed by atoms with Crippen molar-refractivity contribution in [3.63, 3.8) is 0 Å². The van der Waals surface area contributed by atoms with Crippen molar-refractivity contribution in [2.75, 3.05) is 6.61 Å². The molecule has 0 bridgehead atoms. The number of aryl methyl sites for hydroxylation is 1. The Hall–Kier alpha value is -2.19. The van der Waals surface area contributed by atoms with E-state index >= 15 is 0 Å². The molecule has 1 heterocycles. The molecule has 2 rings (SSSR count). The fourth-order valence-electron chi connectivity index (χ4n) is 1.53. The monoisotopic (exact) mass is 275 g/mol. The number of halogens is 1. The summed E-state index contributed by atoms with van der Waals surface area (Å²) in [5, 5.41) is 8.83. The molecule has 0 amide bonds. The van der Waals surface area contributed by atoms with E-state index in [0.717, 1.165) is 4.88 Å². The summed E-state index contributed by atoms with van der Waals surface area (Å²) < 4.78 is 18.5. The summed E-state index contributed by atoms with van der Waals surface area (Å²) in [6.45, 7) is 1.70. The predicted octanol–water partition coefficient (Wildman–Crippen LogP) is 3.33. The van der Waals surface area contributed by atoms with Crippen molar-refractivity contribution >= 4 is 17.1 Å². The molecule has 1 aromatic heterocycles. The van der Waals surface area contributed by atoms with Gasteiger partial charge in [0.05, 0.1) is 4.88 Å². The maximum atomic E-state index is 13.3. The number of thiophene rings is 1. The molecule has 0 aliphatic rings. The number of hydrogen-bond donors (Lipinski definition) is 0. The van der Waals surface area contributed by atoms with Gasteiger partial charge in [-0.25, -0.2) is 4.39 Å². The summed E-state index contributed by atoms with van der Waals surface area (Å²) in [7, 11) is 0. The third-order valence-electron chi connectivity index (χ3n) is 2.46. The highest BCUT2D eigenvalue weighted by atomic mass is 32.1. The molecule has 3 nitrogen and oxygen atoms in total. The lowest BCUT2D eigenvalue weighted by Crippen LogP contribution is -2.11. The molecule has 0 fully saturated rings. The number of rotatable bonds is 4. The molecule has 96 valence electrons. The number of carbonyl (C=O) groups is 1. The second-order valence-electron chi connectivity index (χ2n) is 3.85. The standard InChI is InChI=1S/C14H10FNO2S/c1-9-5-6-14(19-9)12(17)8-18-13-4-2-3-11(15)10(13)7-16/h2-6H,8H2,1H3. The Kier molecular flexibility index (Phi) is 3.93. The van der Waals surface area contributed by atoms with Crippen LogP contribution in [-0.2, 0) is 0 Å². The van der Waals surface area contributed by atoms with Crippen LogP contribution in [-0.4, -0.2) is 12.4 Å². The van der Waals surface area contributed by atoms with Crippen LogP contribution in [0, 0.1) is 24.1 Å². The highest BCUT2D eigenvalue weighted by Crippen LogP contribution is 2.21. The summed E-state index contributed by atoms with van der Waals surface area (Å²) in [4.78, 5) is 13.4. The summed E-state index contributed by atoms with van der Waals surface area (Å²) >= 11 is 1.38. The number of Topliss-reactive ketones (excluding diaryl/α,β-unsaturated/α-hetero) is 1. The molecular weight excluding hydrogens is 265 g/mol. The first-order valence-corrected chi connectivity index (χ1v) is 6.34. The van der Waals surface area contributed by atoms with Crippen LogP contribution < -0.4 is 4.74 Å². The van der Waals surface area contributed by atoms with Crippen molar-refractivity contribution in [3.8, 4) is 11.8 Å². The molecular formula is C14H10FNO2S. The zero-order valence-electron chi connectivity index (χ0n) is 10.1. The van der Waals surface area contributed by atoms with Gasteiger partial charge in [0.2, 0.25) is 5.78 Å². The Morgan fingerprint density at radius 3 is 2.84 bits per heavy atom. The van der Waals surface area contributed by atoms with Crippen LogP contribution in [0.25, 0.3) is 0 Å². The molecule has 0 radical (unpaired) electrons. The van der Waals surface area contributed by atoms with E-state index in [1.165, 1.54) is 29.5 Å². The molecule has 1 aromatic carbocycles. The van der Waals surface area contributed by atoms with Crippen molar-refractivity contribution in [1.82, 2.24) is 0 Å². The van der Waals surface area contributed by atoms with Gasteiger partial charge in [-0.1, -0.05) is 6.07 Å². The van der Waals surface area contributed by atoms with Crippen molar-refractivity contribution in [2.24, 2.45) is 0 Å². The van der Waals surface area contributed by atoms with E-state index in [9.17, 15) is 9.18 Å². The van der Waals surface area contributed by atoms with Crippen LogP contribution >= 0.6 is 11.3 Å². The van der Waals surface area contributed by atoms with Gasteiger partial charge in [-0.15, -0.1) is 11.3 Å². The van der Waals surface area contributed by atoms with E-state index in [-0.39, 0.29) is 23.7 Å². The summed E-state index contributed by atoms with van der Waals surface area (Å²) in [5.74, 6) is -0.755. The molecule has 19 heavy (non-hydrogen) atoms. The summed E-state index contributed by atoms with van der Waals surface area (Å²) in [6, 6.07) is 9.37. The lowest BCUT2D eigenvalue weighted by Gasteiger charge is -2.06. The number of ether oxygens (including phenoxy) is 1. The number of ketones is 1. The molecule has 0 aliphatic heterocycles. The van der Waals surface area contributed by atoms with Crippen LogP contribution in [0.1, 0.15) is 20.1 Å². The maximum absolute atomic E-state index is 13.3. The minimum Gasteiger partial charge on any atom is -0.484 e. The number of nitriles is 1. The Bertz CT molecular complexity index is 658. The van der Waals surface area contributed by atoms with E-state index in [0.29, 0.717) is 4.88 Å². The van der Waals surface area contributed by atoms with E-state index in [1.807, 2.05) is 13.0 Å². The first kappa shape index (κ1) is 13.2. The molecule has 0 N–H and O–H groups in total. The van der Waals surface area contributed by atoms with Gasteiger partial charge in [0.1, 0.15) is 23.2 Å². The topological polar surface area (TPSA) is 50.1 Å². The second-order valence-corrected chi connectivity index (χ2v) is 5.13. The van der Waals surface area contributed by atoms with Crippen LogP contribution in [0.15, 0.2) is 30.3 Å². The third kappa shape index (κ3) is 2.98. The molecule has 0 atom stereocenters. The van der Waals surface area contributed by atoms with Crippen LogP contribution in [0.4, 0.5) is 4.39 Å². The average molecular weight is 275 g/mol. The molecule has 0 saturated heterocycles. The van der Waals surface area contributed by atoms with E-state index in [4.69, 9.17) is 10.00 Å². The van der Waals surface area contributed by atoms with Gasteiger partial charge in [0.25, 0.3) is 0 Å². The smallest absolute Gasteiger partial charge is 0.210 e. The van der Waals surface area contributed by atoms with Gasteiger partial charge in [-0.2, -0.15) is 5.26 Å². The fraction of sp³-hybridized carbons (Fsp3) is 0.143. The van der Waals surface area contributed by atoms with Gasteiger partial charge < -0.3 is 4.74 Å². The van der Waals surface area contributed by atoms with Crippen molar-refractivity contribution in [1.29, 1.82) is 5.26 Å². The van der Waals surface area contributed by atoms with E-state index in [1.54, 1.807) is 12.1 Å². The minimum absolute atomic E-state index is 0.0872. The van der Waals surface area contributed by atoms with Gasteiger partial charge in [-0.05, 0) is 31.2 Å². The fourth-order valence-corrected chi connectivity index (χ4v) is 2.32. The van der Waals surface area contributed by atoms with Crippen molar-refractivity contribution in [3.05, 3.63) is 51.5 Å².